The lowest BCUT2D eigenvalue weighted by Gasteiger charge is -2.38. The highest BCUT2D eigenvalue weighted by atomic mass is 32.2. The van der Waals surface area contributed by atoms with E-state index >= 15 is 0 Å². The molecule has 3 unspecified atom stereocenters. The summed E-state index contributed by atoms with van der Waals surface area (Å²) in [6, 6.07) is 2.24. The molecule has 3 heterocycles. The van der Waals surface area contributed by atoms with Gasteiger partial charge < -0.3 is 16.0 Å². The summed E-state index contributed by atoms with van der Waals surface area (Å²) in [6.45, 7) is 3.33. The Morgan fingerprint density at radius 2 is 2.06 bits per heavy atom. The number of thiophene rings is 1. The summed E-state index contributed by atoms with van der Waals surface area (Å²) in [6.07, 6.45) is 0.368. The summed E-state index contributed by atoms with van der Waals surface area (Å²) in [5.74, 6) is -1.70. The van der Waals surface area contributed by atoms with E-state index in [9.17, 15) is 22.8 Å². The number of hydrogen-bond acceptors (Lipinski definition) is 7. The van der Waals surface area contributed by atoms with E-state index in [1.54, 1.807) is 31.5 Å². The van der Waals surface area contributed by atoms with Crippen LogP contribution in [0.2, 0.25) is 0 Å². The van der Waals surface area contributed by atoms with Crippen molar-refractivity contribution in [2.45, 2.75) is 49.0 Å². The minimum absolute atomic E-state index is 0.0461. The molecule has 1 fully saturated rings. The normalized spacial score (nSPS) is 20.0. The van der Waals surface area contributed by atoms with E-state index in [0.29, 0.717) is 17.8 Å². The number of primary amides is 1. The van der Waals surface area contributed by atoms with Crippen molar-refractivity contribution in [1.29, 1.82) is 0 Å². The average molecular weight is 483 g/mol. The third-order valence-corrected chi connectivity index (χ3v) is 8.17. The van der Waals surface area contributed by atoms with E-state index in [2.05, 4.69) is 15.1 Å². The largest absolute Gasteiger partial charge is 0.368 e. The number of nitrogens with two attached hydrogens (primary N) is 1. The first-order valence-electron chi connectivity index (χ1n) is 9.96. The van der Waals surface area contributed by atoms with Gasteiger partial charge in [0.15, 0.2) is 0 Å². The highest BCUT2D eigenvalue weighted by molar-refractivity contribution is 7.91. The minimum Gasteiger partial charge on any atom is -0.368 e. The van der Waals surface area contributed by atoms with Crippen LogP contribution in [0.4, 0.5) is 0 Å². The van der Waals surface area contributed by atoms with Crippen LogP contribution in [0.3, 0.4) is 0 Å². The predicted molar refractivity (Wildman–Crippen MR) is 117 cm³/mol. The van der Waals surface area contributed by atoms with Crippen LogP contribution in [0.25, 0.3) is 0 Å². The third kappa shape index (κ3) is 5.16. The number of piperidine rings is 1. The van der Waals surface area contributed by atoms with Crippen LogP contribution in [0.15, 0.2) is 27.8 Å². The molecule has 4 N–H and O–H groups in total. The van der Waals surface area contributed by atoms with Gasteiger partial charge in [0.05, 0.1) is 5.69 Å². The Balaban J connectivity index is 1.84. The fraction of sp³-hybridized carbons (Fsp3) is 0.474. The van der Waals surface area contributed by atoms with E-state index in [1.807, 2.05) is 0 Å². The number of hydrogen-bond donors (Lipinski definition) is 3. The molecule has 0 bridgehead atoms. The molecule has 1 saturated heterocycles. The maximum absolute atomic E-state index is 13.2. The van der Waals surface area contributed by atoms with Gasteiger partial charge in [-0.25, -0.2) is 13.1 Å². The lowest BCUT2D eigenvalue weighted by molar-refractivity contribution is -0.131. The van der Waals surface area contributed by atoms with E-state index in [0.717, 1.165) is 11.3 Å². The predicted octanol–water partition coefficient (Wildman–Crippen LogP) is -0.268. The average Bonchev–Trinajstić information content (AvgIpc) is 3.37. The summed E-state index contributed by atoms with van der Waals surface area (Å²) >= 11 is 1.09. The molecule has 13 heteroatoms. The molecule has 32 heavy (non-hydrogen) atoms. The number of aromatic nitrogens is 2. The number of nitrogens with one attached hydrogen (secondary N) is 2. The Labute approximate surface area is 190 Å². The Bertz CT molecular complexity index is 1110. The van der Waals surface area contributed by atoms with Gasteiger partial charge in [-0.2, -0.15) is 5.10 Å². The van der Waals surface area contributed by atoms with Crippen LogP contribution in [-0.2, 0) is 26.7 Å². The first-order chi connectivity index (χ1) is 15.0. The van der Waals surface area contributed by atoms with Gasteiger partial charge in [-0.1, -0.05) is 6.07 Å². The van der Waals surface area contributed by atoms with E-state index in [1.165, 1.54) is 22.6 Å². The molecule has 174 valence electrons. The molecule has 3 amide bonds. The van der Waals surface area contributed by atoms with E-state index in [4.69, 9.17) is 5.73 Å². The fourth-order valence-corrected chi connectivity index (χ4v) is 5.89. The van der Waals surface area contributed by atoms with E-state index in [-0.39, 0.29) is 17.2 Å². The van der Waals surface area contributed by atoms with Crippen molar-refractivity contribution in [2.75, 3.05) is 6.54 Å². The standard InChI is InChI=1S/C19H26N6O5S2/c1-11-9-15(24(3)22-11)19(28)25-7-6-13(23-32(29,30)16-5-4-8-31-16)10-14(25)18(27)21-12(2)17(20)26/h4-5,8-9,12-14,23H,6-7,10H2,1-3H3,(H2,20,26)(H,21,27). The summed E-state index contributed by atoms with van der Waals surface area (Å²) in [7, 11) is -2.12. The molecule has 0 saturated carbocycles. The second-order valence-corrected chi connectivity index (χ2v) is 10.6. The van der Waals surface area contributed by atoms with Crippen molar-refractivity contribution in [2.24, 2.45) is 12.8 Å². The van der Waals surface area contributed by atoms with Gasteiger partial charge in [-0.05, 0) is 44.2 Å². The maximum atomic E-state index is 13.2. The van der Waals surface area contributed by atoms with Crippen LogP contribution in [0.5, 0.6) is 0 Å². The number of likely N-dealkylation sites (tertiary alicyclic amines) is 1. The lowest BCUT2D eigenvalue weighted by Crippen LogP contribution is -2.59. The molecule has 0 aromatic carbocycles. The van der Waals surface area contributed by atoms with Gasteiger partial charge in [0.2, 0.25) is 21.8 Å². The maximum Gasteiger partial charge on any atom is 0.272 e. The highest BCUT2D eigenvalue weighted by Crippen LogP contribution is 2.24. The van der Waals surface area contributed by atoms with Gasteiger partial charge in [0.1, 0.15) is 22.0 Å². The zero-order valence-corrected chi connectivity index (χ0v) is 19.6. The van der Waals surface area contributed by atoms with Crippen molar-refractivity contribution in [3.05, 3.63) is 35.0 Å². The van der Waals surface area contributed by atoms with Crippen LogP contribution in [0.1, 0.15) is 35.9 Å². The van der Waals surface area contributed by atoms with Crippen molar-refractivity contribution in [1.82, 2.24) is 24.7 Å². The summed E-state index contributed by atoms with van der Waals surface area (Å²) in [5, 5.41) is 8.35. The van der Waals surface area contributed by atoms with Crippen LogP contribution < -0.4 is 15.8 Å². The minimum atomic E-state index is -3.75. The molecular formula is C19H26N6O5S2. The molecule has 1 aliphatic heterocycles. The molecule has 2 aromatic heterocycles. The van der Waals surface area contributed by atoms with Crippen molar-refractivity contribution < 1.29 is 22.8 Å². The number of amides is 3. The third-order valence-electron chi connectivity index (χ3n) is 5.25. The zero-order valence-electron chi connectivity index (χ0n) is 17.9. The number of rotatable bonds is 7. The van der Waals surface area contributed by atoms with Gasteiger partial charge in [0.25, 0.3) is 5.91 Å². The number of sulfonamides is 1. The SMILES string of the molecule is Cc1cc(C(=O)N2CCC(NS(=O)(=O)c3cccs3)CC2C(=O)NC(C)C(N)=O)n(C)n1. The Morgan fingerprint density at radius 3 is 2.62 bits per heavy atom. The van der Waals surface area contributed by atoms with Crippen molar-refractivity contribution in [3.63, 3.8) is 0 Å². The molecule has 3 rings (SSSR count). The molecule has 0 spiro atoms. The summed E-state index contributed by atoms with van der Waals surface area (Å²) in [5.41, 5.74) is 6.21. The number of carbonyl (C=O) groups is 3. The number of nitrogens with zero attached hydrogens (tertiary/aromatic N) is 3. The van der Waals surface area contributed by atoms with Crippen LogP contribution in [0, 0.1) is 6.92 Å². The highest BCUT2D eigenvalue weighted by Gasteiger charge is 2.39. The van der Waals surface area contributed by atoms with Crippen molar-refractivity contribution in [3.8, 4) is 0 Å². The smallest absolute Gasteiger partial charge is 0.272 e. The lowest BCUT2D eigenvalue weighted by atomic mass is 9.96. The second-order valence-electron chi connectivity index (χ2n) is 7.72. The van der Waals surface area contributed by atoms with Crippen LogP contribution in [-0.4, -0.2) is 65.5 Å². The Kier molecular flexibility index (Phi) is 7.00. The Hall–Kier alpha value is -2.77. The number of carbonyl (C=O) groups excluding carboxylic acids is 3. The molecule has 3 atom stereocenters. The molecule has 0 aliphatic carbocycles. The first-order valence-corrected chi connectivity index (χ1v) is 12.3. The Morgan fingerprint density at radius 1 is 1.34 bits per heavy atom. The van der Waals surface area contributed by atoms with Gasteiger partial charge in [0, 0.05) is 19.6 Å². The quantitative estimate of drug-likeness (QED) is 0.493. The fourth-order valence-electron chi connectivity index (χ4n) is 3.60. The molecule has 0 radical (unpaired) electrons. The van der Waals surface area contributed by atoms with Crippen LogP contribution >= 0.6 is 11.3 Å². The first kappa shape index (κ1) is 23.9. The second kappa shape index (κ2) is 9.38. The molecule has 1 aliphatic rings. The summed E-state index contributed by atoms with van der Waals surface area (Å²) in [4.78, 5) is 39.0. The zero-order chi connectivity index (χ0) is 23.6. The van der Waals surface area contributed by atoms with Crippen molar-refractivity contribution >= 4 is 39.1 Å². The molecular weight excluding hydrogens is 456 g/mol. The topological polar surface area (TPSA) is 156 Å². The molecule has 11 nitrogen and oxygen atoms in total. The summed E-state index contributed by atoms with van der Waals surface area (Å²) < 4.78 is 29.5. The monoisotopic (exact) mass is 482 g/mol. The molecule has 2 aromatic rings. The van der Waals surface area contributed by atoms with Gasteiger partial charge in [-0.3, -0.25) is 19.1 Å². The van der Waals surface area contributed by atoms with Gasteiger partial charge in [-0.15, -0.1) is 11.3 Å². The van der Waals surface area contributed by atoms with Gasteiger partial charge >= 0.3 is 0 Å². The number of aryl methyl sites for hydroxylation is 2. The van der Waals surface area contributed by atoms with E-state index < -0.39 is 45.9 Å².